The molecule has 2 unspecified atom stereocenters. The Bertz CT molecular complexity index is 729. The van der Waals surface area contributed by atoms with Crippen molar-refractivity contribution in [3.05, 3.63) is 30.1 Å². The molecule has 2 aromatic rings. The summed E-state index contributed by atoms with van der Waals surface area (Å²) in [4.78, 5) is 16.7. The van der Waals surface area contributed by atoms with Crippen molar-refractivity contribution in [2.45, 2.75) is 51.1 Å². The molecule has 126 valence electrons. The lowest BCUT2D eigenvalue weighted by Gasteiger charge is -2.28. The number of nitrogens with one attached hydrogen (secondary N) is 3. The van der Waals surface area contributed by atoms with Crippen molar-refractivity contribution < 1.29 is 4.79 Å². The number of anilines is 1. The Labute approximate surface area is 141 Å². The summed E-state index contributed by atoms with van der Waals surface area (Å²) in [6.07, 6.45) is 5.39. The zero-order valence-corrected chi connectivity index (χ0v) is 13.9. The van der Waals surface area contributed by atoms with Gasteiger partial charge in [0.1, 0.15) is 5.82 Å². The molecular formula is C18H23N5O. The summed E-state index contributed by atoms with van der Waals surface area (Å²) >= 11 is 0. The van der Waals surface area contributed by atoms with Crippen molar-refractivity contribution in [2.75, 3.05) is 5.32 Å². The summed E-state index contributed by atoms with van der Waals surface area (Å²) in [5.41, 5.74) is 1.70. The first kappa shape index (κ1) is 15.3. The third-order valence-corrected chi connectivity index (χ3v) is 5.05. The average molecular weight is 325 g/mol. The van der Waals surface area contributed by atoms with Crippen LogP contribution in [0.4, 0.5) is 5.69 Å². The van der Waals surface area contributed by atoms with Gasteiger partial charge in [-0.25, -0.2) is 4.98 Å². The van der Waals surface area contributed by atoms with Crippen LogP contribution >= 0.6 is 0 Å². The Hall–Kier alpha value is -2.21. The van der Waals surface area contributed by atoms with E-state index in [4.69, 9.17) is 0 Å². The highest BCUT2D eigenvalue weighted by atomic mass is 16.1. The predicted octanol–water partition coefficient (Wildman–Crippen LogP) is 2.64. The van der Waals surface area contributed by atoms with Crippen molar-refractivity contribution >= 4 is 11.6 Å². The lowest BCUT2D eigenvalue weighted by atomic mass is 9.89. The Morgan fingerprint density at radius 2 is 2.08 bits per heavy atom. The van der Waals surface area contributed by atoms with Gasteiger partial charge in [-0.3, -0.25) is 9.89 Å². The number of rotatable bonds is 4. The highest BCUT2D eigenvalue weighted by molar-refractivity contribution is 5.91. The maximum atomic E-state index is 12.4. The fourth-order valence-electron chi connectivity index (χ4n) is 4.02. The number of fused-ring (bicyclic) bond motifs is 2. The smallest absolute Gasteiger partial charge is 0.224 e. The number of H-pyrrole nitrogens is 1. The lowest BCUT2D eigenvalue weighted by molar-refractivity contribution is -0.117. The molecule has 24 heavy (non-hydrogen) atoms. The van der Waals surface area contributed by atoms with Gasteiger partial charge in [0, 0.05) is 29.8 Å². The fraction of sp³-hybridized carbons (Fsp3) is 0.500. The molecule has 2 fully saturated rings. The molecule has 0 aliphatic carbocycles. The summed E-state index contributed by atoms with van der Waals surface area (Å²) < 4.78 is 0. The maximum absolute atomic E-state index is 12.4. The first-order valence-corrected chi connectivity index (χ1v) is 8.71. The highest BCUT2D eigenvalue weighted by Crippen LogP contribution is 2.32. The minimum atomic E-state index is 0.101. The molecule has 3 N–H and O–H groups in total. The quantitative estimate of drug-likeness (QED) is 0.807. The van der Waals surface area contributed by atoms with Crippen molar-refractivity contribution in [1.29, 1.82) is 0 Å². The van der Waals surface area contributed by atoms with Crippen LogP contribution in [0.25, 0.3) is 11.4 Å². The van der Waals surface area contributed by atoms with E-state index in [0.29, 0.717) is 30.2 Å². The van der Waals surface area contributed by atoms with Crippen LogP contribution in [0.5, 0.6) is 0 Å². The number of aromatic amines is 1. The fourth-order valence-corrected chi connectivity index (χ4v) is 4.02. The second-order valence-electron chi connectivity index (χ2n) is 7.05. The topological polar surface area (TPSA) is 82.7 Å². The molecular weight excluding hydrogens is 302 g/mol. The van der Waals surface area contributed by atoms with Gasteiger partial charge in [-0.2, -0.15) is 5.10 Å². The van der Waals surface area contributed by atoms with Gasteiger partial charge in [0.15, 0.2) is 5.82 Å². The SMILES string of the molecule is Cc1nc(-c2cccc(NC(=O)CC3CC4CCC(C3)N4)c2)n[nH]1. The molecule has 6 heteroatoms. The summed E-state index contributed by atoms with van der Waals surface area (Å²) in [5.74, 6) is 2.03. The first-order chi connectivity index (χ1) is 11.7. The van der Waals surface area contributed by atoms with Crippen molar-refractivity contribution in [1.82, 2.24) is 20.5 Å². The van der Waals surface area contributed by atoms with Crippen LogP contribution in [0.3, 0.4) is 0 Å². The van der Waals surface area contributed by atoms with E-state index in [1.807, 2.05) is 31.2 Å². The summed E-state index contributed by atoms with van der Waals surface area (Å²) in [5, 5.41) is 13.7. The lowest BCUT2D eigenvalue weighted by Crippen LogP contribution is -2.39. The molecule has 2 aliphatic heterocycles. The van der Waals surface area contributed by atoms with Crippen LogP contribution in [0.2, 0.25) is 0 Å². The zero-order chi connectivity index (χ0) is 16.5. The predicted molar refractivity (Wildman–Crippen MR) is 92.5 cm³/mol. The van der Waals surface area contributed by atoms with Gasteiger partial charge in [0.25, 0.3) is 0 Å². The molecule has 6 nitrogen and oxygen atoms in total. The molecule has 1 amide bonds. The maximum Gasteiger partial charge on any atom is 0.224 e. The molecule has 2 atom stereocenters. The van der Waals surface area contributed by atoms with Crippen LogP contribution in [0.1, 0.15) is 37.9 Å². The van der Waals surface area contributed by atoms with Gasteiger partial charge in [-0.1, -0.05) is 12.1 Å². The van der Waals surface area contributed by atoms with E-state index in [0.717, 1.165) is 29.9 Å². The second-order valence-corrected chi connectivity index (χ2v) is 7.05. The standard InChI is InChI=1S/C18H23N5O/c1-11-19-18(23-22-11)13-3-2-4-14(10-13)21-17(24)9-12-7-15-5-6-16(8-12)20-15/h2-4,10,12,15-16,20H,5-9H2,1H3,(H,21,24)(H,19,22,23). The van der Waals surface area contributed by atoms with E-state index in [1.165, 1.54) is 12.8 Å². The summed E-state index contributed by atoms with van der Waals surface area (Å²) in [7, 11) is 0. The van der Waals surface area contributed by atoms with E-state index < -0.39 is 0 Å². The number of carbonyl (C=O) groups excluding carboxylic acids is 1. The zero-order valence-electron chi connectivity index (χ0n) is 13.9. The molecule has 0 saturated carbocycles. The Balaban J connectivity index is 1.39. The normalized spacial score (nSPS) is 25.6. The summed E-state index contributed by atoms with van der Waals surface area (Å²) in [6, 6.07) is 8.95. The van der Waals surface area contributed by atoms with Gasteiger partial charge in [-0.15, -0.1) is 0 Å². The van der Waals surface area contributed by atoms with Crippen LogP contribution in [0.15, 0.2) is 24.3 Å². The Kier molecular flexibility index (Phi) is 4.06. The van der Waals surface area contributed by atoms with Crippen LogP contribution in [-0.2, 0) is 4.79 Å². The largest absolute Gasteiger partial charge is 0.326 e. The molecule has 3 heterocycles. The molecule has 0 spiro atoms. The average Bonchev–Trinajstić information content (AvgIpc) is 3.13. The van der Waals surface area contributed by atoms with Crippen molar-refractivity contribution in [3.63, 3.8) is 0 Å². The monoisotopic (exact) mass is 325 g/mol. The van der Waals surface area contributed by atoms with Crippen molar-refractivity contribution in [2.24, 2.45) is 5.92 Å². The number of amides is 1. The number of piperidine rings is 1. The molecule has 0 radical (unpaired) electrons. The number of nitrogens with zero attached hydrogens (tertiary/aromatic N) is 2. The van der Waals surface area contributed by atoms with Crippen LogP contribution < -0.4 is 10.6 Å². The third kappa shape index (κ3) is 3.33. The van der Waals surface area contributed by atoms with E-state index in [-0.39, 0.29) is 5.91 Å². The van der Waals surface area contributed by atoms with Gasteiger partial charge in [-0.05, 0) is 50.7 Å². The first-order valence-electron chi connectivity index (χ1n) is 8.71. The number of hydrogen-bond acceptors (Lipinski definition) is 4. The minimum absolute atomic E-state index is 0.101. The molecule has 1 aromatic carbocycles. The number of aryl methyl sites for hydroxylation is 1. The molecule has 4 rings (SSSR count). The third-order valence-electron chi connectivity index (χ3n) is 5.05. The van der Waals surface area contributed by atoms with E-state index in [9.17, 15) is 4.79 Å². The van der Waals surface area contributed by atoms with E-state index in [2.05, 4.69) is 25.8 Å². The van der Waals surface area contributed by atoms with Crippen LogP contribution in [-0.4, -0.2) is 33.2 Å². The van der Waals surface area contributed by atoms with E-state index in [1.54, 1.807) is 0 Å². The second kappa shape index (κ2) is 6.36. The van der Waals surface area contributed by atoms with Crippen LogP contribution in [0, 0.1) is 12.8 Å². The van der Waals surface area contributed by atoms with E-state index >= 15 is 0 Å². The Morgan fingerprint density at radius 3 is 2.79 bits per heavy atom. The van der Waals surface area contributed by atoms with Gasteiger partial charge in [0.2, 0.25) is 5.91 Å². The molecule has 1 aromatic heterocycles. The Morgan fingerprint density at radius 1 is 1.29 bits per heavy atom. The van der Waals surface area contributed by atoms with Gasteiger partial charge >= 0.3 is 0 Å². The van der Waals surface area contributed by atoms with Gasteiger partial charge in [0.05, 0.1) is 0 Å². The highest BCUT2D eigenvalue weighted by Gasteiger charge is 2.34. The molecule has 2 aliphatic rings. The van der Waals surface area contributed by atoms with Gasteiger partial charge < -0.3 is 10.6 Å². The number of hydrogen-bond donors (Lipinski definition) is 3. The number of aromatic nitrogens is 3. The molecule has 2 saturated heterocycles. The number of carbonyl (C=O) groups is 1. The minimum Gasteiger partial charge on any atom is -0.326 e. The van der Waals surface area contributed by atoms with Crippen molar-refractivity contribution in [3.8, 4) is 11.4 Å². The molecule has 2 bridgehead atoms. The summed E-state index contributed by atoms with van der Waals surface area (Å²) in [6.45, 7) is 1.87. The number of benzene rings is 1.